The van der Waals surface area contributed by atoms with Crippen LogP contribution in [0.1, 0.15) is 20.3 Å². The van der Waals surface area contributed by atoms with Crippen LogP contribution in [0.4, 0.5) is 11.4 Å². The molecule has 0 fully saturated rings. The molecule has 1 amide bonds. The van der Waals surface area contributed by atoms with Crippen molar-refractivity contribution in [2.24, 2.45) is 11.8 Å². The number of carbonyl (C=O) groups excluding carboxylic acids is 1. The third-order valence-electron chi connectivity index (χ3n) is 4.37. The number of hydrogen-bond donors (Lipinski definition) is 2. The van der Waals surface area contributed by atoms with Gasteiger partial charge in [-0.1, -0.05) is 13.8 Å². The number of sulfone groups is 1. The smallest absolute Gasteiger partial charge is 0.306 e. The van der Waals surface area contributed by atoms with Gasteiger partial charge in [0.05, 0.1) is 20.6 Å². The molecule has 0 spiro atoms. The molecule has 2 aromatic carbocycles. The average molecular weight is 420 g/mol. The normalized spacial score (nSPS) is 13.3. The predicted octanol–water partition coefficient (Wildman–Crippen LogP) is 3.11. The van der Waals surface area contributed by atoms with Gasteiger partial charge in [0.1, 0.15) is 0 Å². The molecular weight excluding hydrogens is 400 g/mol. The highest BCUT2D eigenvalue weighted by molar-refractivity contribution is 7.91. The minimum atomic E-state index is -3.87. The molecule has 10 heteroatoms. The number of benzene rings is 2. The van der Waals surface area contributed by atoms with E-state index < -0.39 is 32.6 Å². The highest BCUT2D eigenvalue weighted by Crippen LogP contribution is 2.24. The molecule has 0 heterocycles. The molecule has 0 bridgehead atoms. The van der Waals surface area contributed by atoms with Gasteiger partial charge >= 0.3 is 5.97 Å². The van der Waals surface area contributed by atoms with E-state index in [1.165, 1.54) is 31.2 Å². The fraction of sp³-hybridized carbons (Fsp3) is 0.263. The molecule has 2 N–H and O–H groups in total. The van der Waals surface area contributed by atoms with Crippen LogP contribution in [0.25, 0.3) is 0 Å². The van der Waals surface area contributed by atoms with E-state index in [4.69, 9.17) is 5.11 Å². The Hall–Kier alpha value is -3.27. The molecule has 2 atom stereocenters. The van der Waals surface area contributed by atoms with E-state index >= 15 is 0 Å². The molecule has 0 saturated carbocycles. The molecule has 2 rings (SSSR count). The summed E-state index contributed by atoms with van der Waals surface area (Å²) in [7, 11) is -3.87. The molecule has 9 nitrogen and oxygen atoms in total. The summed E-state index contributed by atoms with van der Waals surface area (Å²) in [6.45, 7) is 3.13. The Kier molecular flexibility index (Phi) is 6.70. The lowest BCUT2D eigenvalue weighted by Crippen LogP contribution is -2.24. The van der Waals surface area contributed by atoms with E-state index in [1.807, 2.05) is 0 Å². The number of nitrogens with one attached hydrogen (secondary N) is 1. The maximum Gasteiger partial charge on any atom is 0.306 e. The monoisotopic (exact) mass is 420 g/mol. The SMILES string of the molecule is CC(CC(C)C(=O)Nc1ccc(S(=O)(=O)c2ccc([N+](=O)[O-])cc2)cc1)C(=O)O. The highest BCUT2D eigenvalue weighted by atomic mass is 32.2. The number of hydrogen-bond acceptors (Lipinski definition) is 6. The molecule has 2 unspecified atom stereocenters. The molecule has 0 aromatic heterocycles. The number of nitro benzene ring substituents is 1. The second-order valence-electron chi connectivity index (χ2n) is 6.64. The standard InChI is InChI=1S/C19H20N2O7S/c1-12(11-13(2)19(23)24)18(22)20-14-3-7-16(8-4-14)29(27,28)17-9-5-15(6-10-17)21(25)26/h3-10,12-13H,11H2,1-2H3,(H,20,22)(H,23,24). The number of carbonyl (C=O) groups is 2. The Labute approximate surface area is 167 Å². The van der Waals surface area contributed by atoms with Gasteiger partial charge in [0, 0.05) is 23.7 Å². The Bertz CT molecular complexity index is 1020. The quantitative estimate of drug-likeness (QED) is 0.493. The van der Waals surface area contributed by atoms with Gasteiger partial charge in [0.25, 0.3) is 5.69 Å². The van der Waals surface area contributed by atoms with Gasteiger partial charge in [0.15, 0.2) is 0 Å². The van der Waals surface area contributed by atoms with Crippen LogP contribution in [-0.4, -0.2) is 30.3 Å². The third kappa shape index (κ3) is 5.38. The van der Waals surface area contributed by atoms with E-state index in [0.717, 1.165) is 24.3 Å². The minimum absolute atomic E-state index is 0.0306. The van der Waals surface area contributed by atoms with Crippen LogP contribution in [0.2, 0.25) is 0 Å². The second-order valence-corrected chi connectivity index (χ2v) is 8.59. The van der Waals surface area contributed by atoms with Gasteiger partial charge in [-0.2, -0.15) is 0 Å². The van der Waals surface area contributed by atoms with Crippen LogP contribution in [0.15, 0.2) is 58.3 Å². The topological polar surface area (TPSA) is 144 Å². The number of aliphatic carboxylic acids is 1. The van der Waals surface area contributed by atoms with Crippen molar-refractivity contribution in [3.63, 3.8) is 0 Å². The Morgan fingerprint density at radius 3 is 1.93 bits per heavy atom. The van der Waals surface area contributed by atoms with Crippen LogP contribution in [-0.2, 0) is 19.4 Å². The molecule has 2 aromatic rings. The number of non-ortho nitro benzene ring substituents is 1. The van der Waals surface area contributed by atoms with E-state index in [9.17, 15) is 28.1 Å². The first kappa shape index (κ1) is 22.0. The molecule has 29 heavy (non-hydrogen) atoms. The first-order valence-electron chi connectivity index (χ1n) is 8.65. The van der Waals surface area contributed by atoms with Gasteiger partial charge in [-0.3, -0.25) is 19.7 Å². The van der Waals surface area contributed by atoms with Crippen molar-refractivity contribution in [1.29, 1.82) is 0 Å². The van der Waals surface area contributed by atoms with Gasteiger partial charge in [-0.25, -0.2) is 8.42 Å². The van der Waals surface area contributed by atoms with Crippen molar-refractivity contribution in [3.05, 3.63) is 58.6 Å². The number of rotatable bonds is 8. The summed E-state index contributed by atoms with van der Waals surface area (Å²) in [6.07, 6.45) is 0.174. The summed E-state index contributed by atoms with van der Waals surface area (Å²) >= 11 is 0. The summed E-state index contributed by atoms with van der Waals surface area (Å²) in [5, 5.41) is 22.2. The Morgan fingerprint density at radius 1 is 1.00 bits per heavy atom. The number of nitrogens with zero attached hydrogens (tertiary/aromatic N) is 1. The summed E-state index contributed by atoms with van der Waals surface area (Å²) in [4.78, 5) is 33.0. The van der Waals surface area contributed by atoms with E-state index in [0.29, 0.717) is 5.69 Å². The zero-order valence-corrected chi connectivity index (χ0v) is 16.5. The number of nitro groups is 1. The van der Waals surface area contributed by atoms with Gasteiger partial charge in [-0.05, 0) is 42.8 Å². The van der Waals surface area contributed by atoms with Gasteiger partial charge in [0.2, 0.25) is 15.7 Å². The third-order valence-corrected chi connectivity index (χ3v) is 6.15. The fourth-order valence-corrected chi connectivity index (χ4v) is 3.87. The van der Waals surface area contributed by atoms with E-state index in [1.54, 1.807) is 6.92 Å². The molecule has 154 valence electrons. The number of carboxylic acid groups (broad SMARTS) is 1. The van der Waals surface area contributed by atoms with Crippen LogP contribution >= 0.6 is 0 Å². The lowest BCUT2D eigenvalue weighted by Gasteiger charge is -2.14. The van der Waals surface area contributed by atoms with E-state index in [2.05, 4.69) is 5.32 Å². The second kappa shape index (κ2) is 8.82. The predicted molar refractivity (Wildman–Crippen MR) is 104 cm³/mol. The van der Waals surface area contributed by atoms with Crippen molar-refractivity contribution in [1.82, 2.24) is 0 Å². The van der Waals surface area contributed by atoms with Crippen molar-refractivity contribution in [2.75, 3.05) is 5.32 Å². The van der Waals surface area contributed by atoms with Gasteiger partial charge in [-0.15, -0.1) is 0 Å². The zero-order chi connectivity index (χ0) is 21.8. The number of carboxylic acids is 1. The summed E-state index contributed by atoms with van der Waals surface area (Å²) in [6, 6.07) is 10.0. The lowest BCUT2D eigenvalue weighted by molar-refractivity contribution is -0.384. The summed E-state index contributed by atoms with van der Waals surface area (Å²) < 4.78 is 25.3. The molecular formula is C19H20N2O7S. The Balaban J connectivity index is 2.11. The average Bonchev–Trinajstić information content (AvgIpc) is 2.68. The molecule has 0 aliphatic heterocycles. The molecule has 0 saturated heterocycles. The minimum Gasteiger partial charge on any atom is -0.481 e. The van der Waals surface area contributed by atoms with Crippen LogP contribution in [0, 0.1) is 22.0 Å². The van der Waals surface area contributed by atoms with Crippen molar-refractivity contribution in [2.45, 2.75) is 30.1 Å². The summed E-state index contributed by atoms with van der Waals surface area (Å²) in [5.74, 6) is -2.55. The largest absolute Gasteiger partial charge is 0.481 e. The van der Waals surface area contributed by atoms with Gasteiger partial charge < -0.3 is 10.4 Å². The lowest BCUT2D eigenvalue weighted by atomic mass is 9.97. The molecule has 0 aliphatic rings. The summed E-state index contributed by atoms with van der Waals surface area (Å²) in [5.41, 5.74) is 0.154. The van der Waals surface area contributed by atoms with Crippen LogP contribution in [0.3, 0.4) is 0 Å². The molecule has 0 radical (unpaired) electrons. The van der Waals surface area contributed by atoms with Crippen molar-refractivity contribution >= 4 is 33.1 Å². The number of amides is 1. The maximum atomic E-state index is 12.6. The van der Waals surface area contributed by atoms with Crippen molar-refractivity contribution < 1.29 is 28.0 Å². The first-order chi connectivity index (χ1) is 13.5. The zero-order valence-electron chi connectivity index (χ0n) is 15.7. The number of anilines is 1. The van der Waals surface area contributed by atoms with Crippen molar-refractivity contribution in [3.8, 4) is 0 Å². The molecule has 0 aliphatic carbocycles. The maximum absolute atomic E-state index is 12.6. The fourth-order valence-electron chi connectivity index (χ4n) is 2.60. The Morgan fingerprint density at radius 2 is 1.48 bits per heavy atom. The van der Waals surface area contributed by atoms with E-state index in [-0.39, 0.29) is 27.8 Å². The van der Waals surface area contributed by atoms with Crippen LogP contribution < -0.4 is 5.32 Å². The van der Waals surface area contributed by atoms with Crippen LogP contribution in [0.5, 0.6) is 0 Å². The first-order valence-corrected chi connectivity index (χ1v) is 10.1. The highest BCUT2D eigenvalue weighted by Gasteiger charge is 2.22.